The quantitative estimate of drug-likeness (QED) is 0.604. The monoisotopic (exact) mass is 279 g/mol. The fraction of sp³-hybridized carbons (Fsp3) is 0.667. The fourth-order valence-corrected chi connectivity index (χ4v) is 1.99. The van der Waals surface area contributed by atoms with E-state index in [9.17, 15) is 4.79 Å². The molecule has 20 heavy (non-hydrogen) atoms. The van der Waals surface area contributed by atoms with Gasteiger partial charge in [-0.3, -0.25) is 0 Å². The van der Waals surface area contributed by atoms with Gasteiger partial charge in [-0.1, -0.05) is 51.9 Å². The zero-order valence-electron chi connectivity index (χ0n) is 12.3. The van der Waals surface area contributed by atoms with Crippen LogP contribution in [0.1, 0.15) is 68.6 Å². The molecule has 0 amide bonds. The molecule has 0 saturated carbocycles. The van der Waals surface area contributed by atoms with Crippen molar-refractivity contribution in [1.29, 1.82) is 0 Å². The molecule has 0 spiro atoms. The van der Waals surface area contributed by atoms with Crippen LogP contribution in [-0.4, -0.2) is 27.6 Å². The van der Waals surface area contributed by atoms with Crippen LogP contribution in [-0.2, 0) is 0 Å². The Kier molecular flexibility index (Phi) is 8.35. The molecule has 0 aliphatic carbocycles. The van der Waals surface area contributed by atoms with E-state index in [0.717, 1.165) is 13.0 Å². The van der Waals surface area contributed by atoms with Gasteiger partial charge in [-0.15, -0.1) is 0 Å². The number of aromatic nitrogens is 2. The Morgan fingerprint density at radius 2 is 1.60 bits per heavy atom. The van der Waals surface area contributed by atoms with Crippen molar-refractivity contribution in [1.82, 2.24) is 9.97 Å². The summed E-state index contributed by atoms with van der Waals surface area (Å²) in [5, 5.41) is 11.8. The Balaban J connectivity index is 2.02. The second-order valence-electron chi connectivity index (χ2n) is 5.00. The lowest BCUT2D eigenvalue weighted by Crippen LogP contribution is -2.07. The molecule has 0 aromatic carbocycles. The summed E-state index contributed by atoms with van der Waals surface area (Å²) in [5.41, 5.74) is 0.114. The highest BCUT2D eigenvalue weighted by atomic mass is 16.4. The maximum absolute atomic E-state index is 10.6. The molecule has 0 saturated heterocycles. The first-order valence-corrected chi connectivity index (χ1v) is 7.53. The Morgan fingerprint density at radius 1 is 1.05 bits per heavy atom. The van der Waals surface area contributed by atoms with Crippen LogP contribution in [0.2, 0.25) is 0 Å². The predicted octanol–water partition coefficient (Wildman–Crippen LogP) is 3.73. The topological polar surface area (TPSA) is 75.1 Å². The van der Waals surface area contributed by atoms with Gasteiger partial charge < -0.3 is 10.4 Å². The van der Waals surface area contributed by atoms with Crippen molar-refractivity contribution < 1.29 is 9.90 Å². The zero-order chi connectivity index (χ0) is 14.6. The van der Waals surface area contributed by atoms with Gasteiger partial charge in [0, 0.05) is 18.9 Å². The normalized spacial score (nSPS) is 10.4. The molecule has 2 N–H and O–H groups in total. The first kappa shape index (κ1) is 16.4. The summed E-state index contributed by atoms with van der Waals surface area (Å²) in [5.74, 6) is -0.502. The predicted molar refractivity (Wildman–Crippen MR) is 80.1 cm³/mol. The van der Waals surface area contributed by atoms with E-state index in [1.807, 2.05) is 0 Å². The number of carboxylic acids is 1. The summed E-state index contributed by atoms with van der Waals surface area (Å²) >= 11 is 0. The molecule has 0 unspecified atom stereocenters. The van der Waals surface area contributed by atoms with Gasteiger partial charge in [0.2, 0.25) is 5.95 Å². The molecule has 0 bridgehead atoms. The number of anilines is 1. The molecular formula is C15H25N3O2. The standard InChI is InChI=1S/C15H25N3O2/c1-2-3-4-5-6-7-8-9-10-16-15-17-11-13(12-18-15)14(19)20/h11-12H,2-10H2,1H3,(H,19,20)(H,16,17,18). The number of aromatic carboxylic acids is 1. The van der Waals surface area contributed by atoms with E-state index < -0.39 is 5.97 Å². The van der Waals surface area contributed by atoms with Crippen LogP contribution in [0.15, 0.2) is 12.4 Å². The van der Waals surface area contributed by atoms with E-state index in [1.54, 1.807) is 0 Å². The lowest BCUT2D eigenvalue weighted by molar-refractivity contribution is 0.0696. The molecule has 0 aliphatic rings. The molecule has 0 atom stereocenters. The van der Waals surface area contributed by atoms with Crippen LogP contribution in [0.4, 0.5) is 5.95 Å². The van der Waals surface area contributed by atoms with Crippen LogP contribution in [0.25, 0.3) is 0 Å². The summed E-state index contributed by atoms with van der Waals surface area (Å²) in [4.78, 5) is 18.6. The van der Waals surface area contributed by atoms with E-state index in [1.165, 1.54) is 57.3 Å². The number of nitrogens with zero attached hydrogens (tertiary/aromatic N) is 2. The minimum absolute atomic E-state index is 0.114. The lowest BCUT2D eigenvalue weighted by atomic mass is 10.1. The maximum atomic E-state index is 10.6. The third kappa shape index (κ3) is 7.07. The number of unbranched alkanes of at least 4 members (excludes halogenated alkanes) is 7. The number of hydrogen-bond acceptors (Lipinski definition) is 4. The highest BCUT2D eigenvalue weighted by Gasteiger charge is 2.03. The number of hydrogen-bond donors (Lipinski definition) is 2. The second kappa shape index (κ2) is 10.2. The van der Waals surface area contributed by atoms with Crippen LogP contribution in [0, 0.1) is 0 Å². The summed E-state index contributed by atoms with van der Waals surface area (Å²) in [6.07, 6.45) is 12.9. The molecule has 1 aromatic heterocycles. The Labute approximate surface area is 120 Å². The molecule has 0 aliphatic heterocycles. The first-order valence-electron chi connectivity index (χ1n) is 7.53. The minimum atomic E-state index is -1.00. The average molecular weight is 279 g/mol. The van der Waals surface area contributed by atoms with Crippen molar-refractivity contribution in [2.24, 2.45) is 0 Å². The maximum Gasteiger partial charge on any atom is 0.338 e. The molecule has 1 heterocycles. The second-order valence-corrected chi connectivity index (χ2v) is 5.00. The van der Waals surface area contributed by atoms with Crippen molar-refractivity contribution in [3.05, 3.63) is 18.0 Å². The van der Waals surface area contributed by atoms with E-state index in [2.05, 4.69) is 22.2 Å². The third-order valence-electron chi connectivity index (χ3n) is 3.21. The van der Waals surface area contributed by atoms with Gasteiger partial charge in [-0.25, -0.2) is 14.8 Å². The van der Waals surface area contributed by atoms with Gasteiger partial charge in [0.15, 0.2) is 0 Å². The van der Waals surface area contributed by atoms with E-state index in [0.29, 0.717) is 5.95 Å². The molecule has 1 aromatic rings. The Hall–Kier alpha value is -1.65. The van der Waals surface area contributed by atoms with Crippen LogP contribution >= 0.6 is 0 Å². The van der Waals surface area contributed by atoms with Crippen LogP contribution < -0.4 is 5.32 Å². The lowest BCUT2D eigenvalue weighted by Gasteiger charge is -2.04. The van der Waals surface area contributed by atoms with Gasteiger partial charge in [0.1, 0.15) is 0 Å². The summed E-state index contributed by atoms with van der Waals surface area (Å²) < 4.78 is 0. The van der Waals surface area contributed by atoms with Gasteiger partial charge in [-0.05, 0) is 6.42 Å². The molecule has 1 rings (SSSR count). The van der Waals surface area contributed by atoms with Crippen molar-refractivity contribution in [3.63, 3.8) is 0 Å². The Bertz CT molecular complexity index is 379. The van der Waals surface area contributed by atoms with Crippen LogP contribution in [0.3, 0.4) is 0 Å². The minimum Gasteiger partial charge on any atom is -0.478 e. The summed E-state index contributed by atoms with van der Waals surface area (Å²) in [6.45, 7) is 3.07. The van der Waals surface area contributed by atoms with Gasteiger partial charge in [-0.2, -0.15) is 0 Å². The van der Waals surface area contributed by atoms with E-state index in [-0.39, 0.29) is 5.56 Å². The summed E-state index contributed by atoms with van der Waals surface area (Å²) in [6, 6.07) is 0. The number of carboxylic acid groups (broad SMARTS) is 1. The summed E-state index contributed by atoms with van der Waals surface area (Å²) in [7, 11) is 0. The van der Waals surface area contributed by atoms with Crippen LogP contribution in [0.5, 0.6) is 0 Å². The third-order valence-corrected chi connectivity index (χ3v) is 3.21. The smallest absolute Gasteiger partial charge is 0.338 e. The average Bonchev–Trinajstić information content (AvgIpc) is 2.46. The van der Waals surface area contributed by atoms with Crippen molar-refractivity contribution in [3.8, 4) is 0 Å². The first-order chi connectivity index (χ1) is 9.74. The molecule has 5 nitrogen and oxygen atoms in total. The number of rotatable bonds is 11. The molecule has 112 valence electrons. The fourth-order valence-electron chi connectivity index (χ4n) is 1.99. The van der Waals surface area contributed by atoms with Crippen molar-refractivity contribution in [2.45, 2.75) is 58.3 Å². The molecular weight excluding hydrogens is 254 g/mol. The highest BCUT2D eigenvalue weighted by Crippen LogP contribution is 2.08. The number of carbonyl (C=O) groups is 1. The zero-order valence-corrected chi connectivity index (χ0v) is 12.3. The van der Waals surface area contributed by atoms with Gasteiger partial charge in [0.05, 0.1) is 5.56 Å². The molecule has 0 fully saturated rings. The highest BCUT2D eigenvalue weighted by molar-refractivity contribution is 5.86. The largest absolute Gasteiger partial charge is 0.478 e. The molecule has 5 heteroatoms. The van der Waals surface area contributed by atoms with Gasteiger partial charge >= 0.3 is 5.97 Å². The van der Waals surface area contributed by atoms with E-state index in [4.69, 9.17) is 5.11 Å². The Morgan fingerprint density at radius 3 is 2.15 bits per heavy atom. The number of nitrogens with one attached hydrogen (secondary N) is 1. The van der Waals surface area contributed by atoms with Crippen molar-refractivity contribution >= 4 is 11.9 Å². The SMILES string of the molecule is CCCCCCCCCCNc1ncc(C(=O)O)cn1. The van der Waals surface area contributed by atoms with Gasteiger partial charge in [0.25, 0.3) is 0 Å². The van der Waals surface area contributed by atoms with Crippen molar-refractivity contribution in [2.75, 3.05) is 11.9 Å². The molecule has 0 radical (unpaired) electrons. The van der Waals surface area contributed by atoms with E-state index >= 15 is 0 Å².